The zero-order valence-electron chi connectivity index (χ0n) is 14.4. The van der Waals surface area contributed by atoms with Crippen LogP contribution in [-0.4, -0.2) is 32.2 Å². The lowest BCUT2D eigenvalue weighted by Gasteiger charge is -2.35. The molecule has 3 aromatic rings. The van der Waals surface area contributed by atoms with Gasteiger partial charge in [-0.1, -0.05) is 18.2 Å². The van der Waals surface area contributed by atoms with Gasteiger partial charge in [0.25, 0.3) is 0 Å². The van der Waals surface area contributed by atoms with Crippen LogP contribution in [0.5, 0.6) is 0 Å². The number of para-hydroxylation sites is 1. The molecule has 7 heteroatoms. The molecule has 26 heavy (non-hydrogen) atoms. The summed E-state index contributed by atoms with van der Waals surface area (Å²) in [5.74, 6) is 1.53. The van der Waals surface area contributed by atoms with Gasteiger partial charge in [-0.25, -0.2) is 4.79 Å². The van der Waals surface area contributed by atoms with Crippen LogP contribution in [0.4, 0.5) is 4.79 Å². The molecule has 0 radical (unpaired) electrons. The number of carbonyl (C=O) groups excluding carboxylic acids is 1. The van der Waals surface area contributed by atoms with Crippen molar-refractivity contribution in [1.82, 2.24) is 25.0 Å². The number of urea groups is 1. The Balaban J connectivity index is 1.55. The summed E-state index contributed by atoms with van der Waals surface area (Å²) in [5.41, 5.74) is 0.994. The molecule has 1 unspecified atom stereocenters. The number of hydrogen-bond donors (Lipinski definition) is 1. The quantitative estimate of drug-likeness (QED) is 0.782. The topological polar surface area (TPSA) is 76.2 Å². The predicted molar refractivity (Wildman–Crippen MR) is 95.6 cm³/mol. The van der Waals surface area contributed by atoms with E-state index in [0.29, 0.717) is 13.1 Å². The Morgan fingerprint density at radius 1 is 1.19 bits per heavy atom. The molecule has 1 aliphatic rings. The molecular formula is C19H21N5O2. The highest BCUT2D eigenvalue weighted by atomic mass is 16.3. The summed E-state index contributed by atoms with van der Waals surface area (Å²) < 4.78 is 7.25. The van der Waals surface area contributed by atoms with Crippen LogP contribution in [0, 0.1) is 0 Å². The van der Waals surface area contributed by atoms with E-state index in [4.69, 9.17) is 4.42 Å². The van der Waals surface area contributed by atoms with Crippen molar-refractivity contribution < 1.29 is 9.21 Å². The van der Waals surface area contributed by atoms with E-state index in [2.05, 4.69) is 15.5 Å². The number of amides is 2. The van der Waals surface area contributed by atoms with Crippen LogP contribution in [0.1, 0.15) is 36.9 Å². The first-order valence-electron chi connectivity index (χ1n) is 8.85. The van der Waals surface area contributed by atoms with E-state index in [1.54, 1.807) is 12.6 Å². The van der Waals surface area contributed by atoms with Gasteiger partial charge in [0.15, 0.2) is 5.82 Å². The molecular weight excluding hydrogens is 330 g/mol. The highest BCUT2D eigenvalue weighted by Gasteiger charge is 2.31. The monoisotopic (exact) mass is 351 g/mol. The molecule has 2 amide bonds. The van der Waals surface area contributed by atoms with E-state index in [0.717, 1.165) is 36.5 Å². The summed E-state index contributed by atoms with van der Waals surface area (Å²) >= 11 is 0. The van der Waals surface area contributed by atoms with Crippen LogP contribution < -0.4 is 5.32 Å². The number of nitrogens with zero attached hydrogens (tertiary/aromatic N) is 4. The van der Waals surface area contributed by atoms with Gasteiger partial charge in [-0.3, -0.25) is 4.57 Å². The van der Waals surface area contributed by atoms with Gasteiger partial charge < -0.3 is 14.6 Å². The smallest absolute Gasteiger partial charge is 0.318 e. The Morgan fingerprint density at radius 2 is 2.08 bits per heavy atom. The maximum absolute atomic E-state index is 12.8. The molecule has 7 nitrogen and oxygen atoms in total. The van der Waals surface area contributed by atoms with Crippen LogP contribution in [-0.2, 0) is 6.54 Å². The molecule has 1 aromatic carbocycles. The summed E-state index contributed by atoms with van der Waals surface area (Å²) in [4.78, 5) is 14.6. The predicted octanol–water partition coefficient (Wildman–Crippen LogP) is 3.30. The van der Waals surface area contributed by atoms with Crippen molar-refractivity contribution in [1.29, 1.82) is 0 Å². The average Bonchev–Trinajstić information content (AvgIpc) is 3.38. The normalized spacial score (nSPS) is 17.2. The molecule has 1 fully saturated rings. The van der Waals surface area contributed by atoms with Gasteiger partial charge in [-0.05, 0) is 43.5 Å². The summed E-state index contributed by atoms with van der Waals surface area (Å²) in [7, 11) is 0. The Labute approximate surface area is 151 Å². The van der Waals surface area contributed by atoms with Crippen molar-refractivity contribution in [3.63, 3.8) is 0 Å². The van der Waals surface area contributed by atoms with Crippen LogP contribution in [0.3, 0.4) is 0 Å². The molecule has 2 aromatic heterocycles. The first kappa shape index (κ1) is 16.4. The number of nitrogens with one attached hydrogen (secondary N) is 1. The van der Waals surface area contributed by atoms with Gasteiger partial charge in [0.1, 0.15) is 12.1 Å². The van der Waals surface area contributed by atoms with Gasteiger partial charge in [-0.2, -0.15) is 0 Å². The molecule has 0 saturated carbocycles. The molecule has 134 valence electrons. The van der Waals surface area contributed by atoms with Crippen LogP contribution in [0.2, 0.25) is 0 Å². The number of aromatic nitrogens is 3. The van der Waals surface area contributed by atoms with Crippen LogP contribution in [0.15, 0.2) is 59.5 Å². The minimum atomic E-state index is -0.103. The summed E-state index contributed by atoms with van der Waals surface area (Å²) in [5, 5.41) is 11.4. The van der Waals surface area contributed by atoms with Gasteiger partial charge >= 0.3 is 6.03 Å². The lowest BCUT2D eigenvalue weighted by atomic mass is 10.0. The third-order valence-electron chi connectivity index (χ3n) is 4.66. The van der Waals surface area contributed by atoms with E-state index < -0.39 is 0 Å². The Bertz CT molecular complexity index is 844. The molecule has 1 saturated heterocycles. The zero-order chi connectivity index (χ0) is 17.8. The Morgan fingerprint density at radius 3 is 2.88 bits per heavy atom. The molecule has 1 atom stereocenters. The highest BCUT2D eigenvalue weighted by Crippen LogP contribution is 2.30. The standard InChI is InChI=1S/C19H21N5O2/c25-19(20-13-16-9-6-12-26-16)23-11-5-4-10-17(23)18-22-21-14-24(18)15-7-2-1-3-8-15/h1-3,6-9,12,14,17H,4-5,10-11,13H2,(H,20,25). The first-order chi connectivity index (χ1) is 12.8. The van der Waals surface area contributed by atoms with Crippen LogP contribution >= 0.6 is 0 Å². The third kappa shape index (κ3) is 3.33. The maximum Gasteiger partial charge on any atom is 0.318 e. The van der Waals surface area contributed by atoms with E-state index in [1.165, 1.54) is 0 Å². The van der Waals surface area contributed by atoms with Gasteiger partial charge in [0.2, 0.25) is 0 Å². The SMILES string of the molecule is O=C(NCc1ccco1)N1CCCCC1c1nncn1-c1ccccc1. The number of furan rings is 1. The maximum atomic E-state index is 12.8. The second-order valence-corrected chi connectivity index (χ2v) is 6.34. The van der Waals surface area contributed by atoms with Gasteiger partial charge in [0, 0.05) is 12.2 Å². The highest BCUT2D eigenvalue weighted by molar-refractivity contribution is 5.74. The minimum Gasteiger partial charge on any atom is -0.467 e. The number of likely N-dealkylation sites (tertiary alicyclic amines) is 1. The van der Waals surface area contributed by atoms with E-state index in [-0.39, 0.29) is 12.1 Å². The lowest BCUT2D eigenvalue weighted by Crippen LogP contribution is -2.45. The third-order valence-corrected chi connectivity index (χ3v) is 4.66. The van der Waals surface area contributed by atoms with Crippen molar-refractivity contribution >= 4 is 6.03 Å². The van der Waals surface area contributed by atoms with Crippen LogP contribution in [0.25, 0.3) is 5.69 Å². The number of benzene rings is 1. The van der Waals surface area contributed by atoms with Gasteiger partial charge in [-0.15, -0.1) is 10.2 Å². The molecule has 0 aliphatic carbocycles. The average molecular weight is 351 g/mol. The summed E-state index contributed by atoms with van der Waals surface area (Å²) in [6.45, 7) is 1.08. The molecule has 0 bridgehead atoms. The van der Waals surface area contributed by atoms with Crippen molar-refractivity contribution in [2.75, 3.05) is 6.54 Å². The van der Waals surface area contributed by atoms with Gasteiger partial charge in [0.05, 0.1) is 18.8 Å². The fourth-order valence-electron chi connectivity index (χ4n) is 3.38. The molecule has 4 rings (SSSR count). The number of carbonyl (C=O) groups is 1. The van der Waals surface area contributed by atoms with E-state index in [9.17, 15) is 4.79 Å². The van der Waals surface area contributed by atoms with Crippen molar-refractivity contribution in [2.45, 2.75) is 31.8 Å². The zero-order valence-corrected chi connectivity index (χ0v) is 14.4. The Hall–Kier alpha value is -3.09. The molecule has 3 heterocycles. The number of hydrogen-bond acceptors (Lipinski definition) is 4. The molecule has 1 N–H and O–H groups in total. The number of piperidine rings is 1. The summed E-state index contributed by atoms with van der Waals surface area (Å²) in [6, 6.07) is 13.4. The van der Waals surface area contributed by atoms with Crippen molar-refractivity contribution in [3.8, 4) is 5.69 Å². The second-order valence-electron chi connectivity index (χ2n) is 6.34. The fraction of sp³-hybridized carbons (Fsp3) is 0.316. The van der Waals surface area contributed by atoms with E-state index >= 15 is 0 Å². The van der Waals surface area contributed by atoms with Crippen molar-refractivity contribution in [2.24, 2.45) is 0 Å². The number of rotatable bonds is 4. The molecule has 1 aliphatic heterocycles. The lowest BCUT2D eigenvalue weighted by molar-refractivity contribution is 0.145. The fourth-order valence-corrected chi connectivity index (χ4v) is 3.38. The van der Waals surface area contributed by atoms with E-state index in [1.807, 2.05) is 51.9 Å². The minimum absolute atomic E-state index is 0.0944. The van der Waals surface area contributed by atoms with Crippen molar-refractivity contribution in [3.05, 3.63) is 66.6 Å². The Kier molecular flexibility index (Phi) is 4.68. The first-order valence-corrected chi connectivity index (χ1v) is 8.85. The largest absolute Gasteiger partial charge is 0.467 e. The second kappa shape index (κ2) is 7.43. The summed E-state index contributed by atoms with van der Waals surface area (Å²) in [6.07, 6.45) is 6.24. The molecule has 0 spiro atoms.